The normalized spacial score (nSPS) is 14.8. The van der Waals surface area contributed by atoms with Gasteiger partial charge in [0, 0.05) is 6.26 Å². The topological polar surface area (TPSA) is 114 Å². The number of hydrogen-bond acceptors (Lipinski definition) is 5. The lowest BCUT2D eigenvalue weighted by Gasteiger charge is -2.17. The number of aliphatic hydroxyl groups is 2. The molecule has 0 aliphatic heterocycles. The summed E-state index contributed by atoms with van der Waals surface area (Å²) in [4.78, 5) is 0. The first-order valence-corrected chi connectivity index (χ1v) is 7.23. The lowest BCUT2D eigenvalue weighted by atomic mass is 10.3. The summed E-state index contributed by atoms with van der Waals surface area (Å²) in [6.07, 6.45) is -1.27. The number of allylic oxidation sites excluding steroid dienone is 1. The van der Waals surface area contributed by atoms with Crippen LogP contribution in [-0.2, 0) is 9.84 Å². The van der Waals surface area contributed by atoms with Crippen molar-refractivity contribution in [1.82, 2.24) is 0 Å². The largest absolute Gasteiger partial charge is 0.876 e. The summed E-state index contributed by atoms with van der Waals surface area (Å²) in [6, 6.07) is 0.115. The minimum atomic E-state index is -3.23. The molecule has 0 rings (SSSR count). The maximum Gasteiger partial charge on any atom is 0.215 e. The van der Waals surface area contributed by atoms with E-state index in [0.29, 0.717) is 0 Å². The van der Waals surface area contributed by atoms with E-state index in [1.807, 2.05) is 13.8 Å². The van der Waals surface area contributed by atoms with Crippen molar-refractivity contribution in [2.24, 2.45) is 0 Å². The summed E-state index contributed by atoms with van der Waals surface area (Å²) >= 11 is 0. The van der Waals surface area contributed by atoms with E-state index >= 15 is 0 Å². The Bertz CT molecular complexity index is 309. The van der Waals surface area contributed by atoms with E-state index in [-0.39, 0.29) is 11.8 Å². The molecule has 0 aromatic rings. The van der Waals surface area contributed by atoms with Crippen LogP contribution >= 0.6 is 0 Å². The number of quaternary nitrogens is 1. The molecule has 0 fully saturated rings. The number of rotatable bonds is 5. The fourth-order valence-corrected chi connectivity index (χ4v) is 1.75. The van der Waals surface area contributed by atoms with Crippen LogP contribution in [0.2, 0.25) is 0 Å². The number of nitrogens with two attached hydrogens (primary N) is 1. The van der Waals surface area contributed by atoms with Crippen LogP contribution in [0.3, 0.4) is 0 Å². The second-order valence-electron chi connectivity index (χ2n) is 4.29. The summed E-state index contributed by atoms with van der Waals surface area (Å²) in [5, 5.41) is 29.4. The Morgan fingerprint density at radius 2 is 1.76 bits per heavy atom. The monoisotopic (exact) mass is 269 g/mol. The molecule has 0 amide bonds. The second kappa shape index (κ2) is 8.46. The predicted octanol–water partition coefficient (Wildman–Crippen LogP) is -2.44. The zero-order valence-corrected chi connectivity index (χ0v) is 11.6. The van der Waals surface area contributed by atoms with Crippen LogP contribution in [0.15, 0.2) is 12.3 Å². The average molecular weight is 269 g/mol. The van der Waals surface area contributed by atoms with Crippen LogP contribution < -0.4 is 10.4 Å². The van der Waals surface area contributed by atoms with Gasteiger partial charge in [0.1, 0.15) is 15.9 Å². The van der Waals surface area contributed by atoms with Gasteiger partial charge in [0.2, 0.25) is 6.23 Å². The molecule has 0 saturated heterocycles. The lowest BCUT2D eigenvalue weighted by molar-refractivity contribution is -0.754. The van der Waals surface area contributed by atoms with Crippen molar-refractivity contribution >= 4 is 9.84 Å². The van der Waals surface area contributed by atoms with Crippen molar-refractivity contribution in [1.29, 1.82) is 0 Å². The van der Waals surface area contributed by atoms with Gasteiger partial charge in [0.05, 0.1) is 11.8 Å². The highest BCUT2D eigenvalue weighted by molar-refractivity contribution is 7.90. The second-order valence-corrected chi connectivity index (χ2v) is 6.47. The molecule has 0 spiro atoms. The first kappa shape index (κ1) is 18.7. The lowest BCUT2D eigenvalue weighted by Crippen LogP contribution is -2.96. The molecule has 1 unspecified atom stereocenters. The molecule has 0 radical (unpaired) electrons. The molecular formula is C10H23NO5S. The van der Waals surface area contributed by atoms with Crippen molar-refractivity contribution in [3.05, 3.63) is 12.3 Å². The molecule has 0 aromatic carbocycles. The Hall–Kier alpha value is -0.630. The summed E-state index contributed by atoms with van der Waals surface area (Å²) in [6.45, 7) is 8.10. The fourth-order valence-electron chi connectivity index (χ4n) is 0.931. The van der Waals surface area contributed by atoms with Crippen molar-refractivity contribution in [2.75, 3.05) is 12.0 Å². The van der Waals surface area contributed by atoms with Gasteiger partial charge in [-0.3, -0.25) is 0 Å². The smallest absolute Gasteiger partial charge is 0.215 e. The van der Waals surface area contributed by atoms with Crippen molar-refractivity contribution in [2.45, 2.75) is 39.1 Å². The molecule has 0 bridgehead atoms. The molecule has 6 nitrogen and oxygen atoms in total. The molecule has 0 aliphatic rings. The standard InChI is InChI=1S/C7H17NO4S.C3H6O/c1-5(2)8-7(10)6(9)4-13(3,11)12;1-3(2)4/h5-10H,4H2,1-3H3;4H,1H2,2H3/t6-,7?;/m1./s1. The van der Waals surface area contributed by atoms with Gasteiger partial charge in [-0.2, -0.15) is 0 Å². The van der Waals surface area contributed by atoms with Crippen molar-refractivity contribution in [3.63, 3.8) is 0 Å². The number of hydrogen-bond donors (Lipinski definition) is 3. The van der Waals surface area contributed by atoms with Gasteiger partial charge in [-0.25, -0.2) is 8.42 Å². The zero-order valence-electron chi connectivity index (χ0n) is 10.8. The van der Waals surface area contributed by atoms with E-state index in [2.05, 4.69) is 6.58 Å². The maximum atomic E-state index is 10.7. The van der Waals surface area contributed by atoms with Crippen LogP contribution in [0.25, 0.3) is 0 Å². The Labute approximate surface area is 103 Å². The van der Waals surface area contributed by atoms with E-state index in [9.17, 15) is 23.7 Å². The molecule has 7 heteroatoms. The zero-order chi connectivity index (χ0) is 14.2. The molecule has 0 aliphatic carbocycles. The summed E-state index contributed by atoms with van der Waals surface area (Å²) in [5.41, 5.74) is 0. The molecule has 104 valence electrons. The van der Waals surface area contributed by atoms with Gasteiger partial charge in [0.15, 0.2) is 0 Å². The van der Waals surface area contributed by atoms with Gasteiger partial charge in [-0.05, 0) is 13.8 Å². The van der Waals surface area contributed by atoms with Crippen LogP contribution in [0, 0.1) is 0 Å². The fraction of sp³-hybridized carbons (Fsp3) is 0.800. The maximum absolute atomic E-state index is 10.7. The first-order valence-electron chi connectivity index (χ1n) is 5.17. The van der Waals surface area contributed by atoms with Gasteiger partial charge in [-0.1, -0.05) is 6.92 Å². The van der Waals surface area contributed by atoms with E-state index in [4.69, 9.17) is 0 Å². The highest BCUT2D eigenvalue weighted by Crippen LogP contribution is 1.92. The highest BCUT2D eigenvalue weighted by atomic mass is 32.2. The Balaban J connectivity index is 0. The third-order valence-corrected chi connectivity index (χ3v) is 2.40. The Morgan fingerprint density at radius 1 is 1.41 bits per heavy atom. The SMILES string of the molecule is C=C(C)[O-].CC(C)[NH2+]C(O)[C@H](O)CS(C)(=O)=O. The third kappa shape index (κ3) is 18.0. The minimum Gasteiger partial charge on any atom is -0.876 e. The minimum absolute atomic E-state index is 0.0833. The van der Waals surface area contributed by atoms with E-state index in [1.54, 1.807) is 0 Å². The molecule has 2 atom stereocenters. The molecule has 17 heavy (non-hydrogen) atoms. The first-order chi connectivity index (χ1) is 7.45. The van der Waals surface area contributed by atoms with Crippen molar-refractivity contribution < 1.29 is 29.1 Å². The Kier molecular flexibility index (Phi) is 9.32. The van der Waals surface area contributed by atoms with E-state index < -0.39 is 27.9 Å². The molecule has 0 saturated carbocycles. The third-order valence-electron chi connectivity index (χ3n) is 1.45. The Morgan fingerprint density at radius 3 is 2.00 bits per heavy atom. The van der Waals surface area contributed by atoms with Crippen LogP contribution in [0.1, 0.15) is 20.8 Å². The summed E-state index contributed by atoms with van der Waals surface area (Å²) in [7, 11) is -3.23. The van der Waals surface area contributed by atoms with Gasteiger partial charge < -0.3 is 20.6 Å². The van der Waals surface area contributed by atoms with Crippen LogP contribution in [0.5, 0.6) is 0 Å². The molecule has 4 N–H and O–H groups in total. The summed E-state index contributed by atoms with van der Waals surface area (Å²) in [5.74, 6) is -0.489. The quantitative estimate of drug-likeness (QED) is 0.379. The van der Waals surface area contributed by atoms with Crippen LogP contribution in [-0.4, -0.2) is 49.0 Å². The van der Waals surface area contributed by atoms with Gasteiger partial charge in [-0.15, -0.1) is 12.3 Å². The summed E-state index contributed by atoms with van der Waals surface area (Å²) < 4.78 is 21.5. The number of sulfone groups is 1. The van der Waals surface area contributed by atoms with E-state index in [0.717, 1.165) is 6.26 Å². The van der Waals surface area contributed by atoms with Gasteiger partial charge in [0.25, 0.3) is 0 Å². The molecular weight excluding hydrogens is 246 g/mol. The highest BCUT2D eigenvalue weighted by Gasteiger charge is 2.24. The van der Waals surface area contributed by atoms with Gasteiger partial charge >= 0.3 is 0 Å². The average Bonchev–Trinajstić information content (AvgIpc) is 1.97. The predicted molar refractivity (Wildman–Crippen MR) is 63.6 cm³/mol. The van der Waals surface area contributed by atoms with Crippen molar-refractivity contribution in [3.8, 4) is 0 Å². The number of aliphatic hydroxyl groups excluding tert-OH is 2. The molecule has 0 aromatic heterocycles. The van der Waals surface area contributed by atoms with E-state index in [1.165, 1.54) is 12.2 Å². The van der Waals surface area contributed by atoms with Crippen LogP contribution in [0.4, 0.5) is 0 Å². The molecule has 0 heterocycles.